The minimum absolute atomic E-state index is 0.0829. The van der Waals surface area contributed by atoms with Crippen molar-refractivity contribution in [3.8, 4) is 0 Å². The Bertz CT molecular complexity index is 597. The number of benzene rings is 2. The zero-order valence-corrected chi connectivity index (χ0v) is 13.4. The number of hydrogen-bond acceptors (Lipinski definition) is 2. The molecule has 0 spiro atoms. The third-order valence-corrected chi connectivity index (χ3v) is 3.68. The molecule has 20 heavy (non-hydrogen) atoms. The lowest BCUT2D eigenvalue weighted by molar-refractivity contribution is -0.114. The molecule has 0 saturated carbocycles. The minimum Gasteiger partial charge on any atom is -0.374 e. The van der Waals surface area contributed by atoms with Crippen LogP contribution in [0.1, 0.15) is 0 Å². The summed E-state index contributed by atoms with van der Waals surface area (Å²) < 4.78 is 0.955. The summed E-state index contributed by atoms with van der Waals surface area (Å²) in [7, 11) is 0. The highest BCUT2D eigenvalue weighted by molar-refractivity contribution is 9.10. The Balaban J connectivity index is 1.94. The SMILES string of the molecule is O=C(CNc1c(Cl)cccc1Cl)Nc1ccc(Br)cc1. The van der Waals surface area contributed by atoms with E-state index >= 15 is 0 Å². The second kappa shape index (κ2) is 6.97. The van der Waals surface area contributed by atoms with E-state index in [1.807, 2.05) is 24.3 Å². The molecule has 0 aliphatic rings. The first-order valence-corrected chi connectivity index (χ1v) is 7.34. The largest absolute Gasteiger partial charge is 0.374 e. The molecule has 2 rings (SSSR count). The van der Waals surface area contributed by atoms with Gasteiger partial charge in [0.05, 0.1) is 22.3 Å². The van der Waals surface area contributed by atoms with Crippen molar-refractivity contribution in [2.75, 3.05) is 17.2 Å². The zero-order chi connectivity index (χ0) is 14.5. The molecule has 1 amide bonds. The second-order valence-corrected chi connectivity index (χ2v) is 5.74. The summed E-state index contributed by atoms with van der Waals surface area (Å²) in [6.07, 6.45) is 0. The average molecular weight is 374 g/mol. The Morgan fingerprint density at radius 2 is 1.65 bits per heavy atom. The number of amides is 1. The standard InChI is InChI=1S/C14H11BrCl2N2O/c15-9-4-6-10(7-5-9)19-13(20)8-18-14-11(16)2-1-3-12(14)17/h1-7,18H,8H2,(H,19,20). The Kier molecular flexibility index (Phi) is 5.29. The van der Waals surface area contributed by atoms with Crippen LogP contribution in [0, 0.1) is 0 Å². The van der Waals surface area contributed by atoms with E-state index < -0.39 is 0 Å². The number of nitrogens with one attached hydrogen (secondary N) is 2. The predicted octanol–water partition coefficient (Wildman–Crippen LogP) is 4.81. The number of para-hydroxylation sites is 1. The Labute approximate surface area is 135 Å². The summed E-state index contributed by atoms with van der Waals surface area (Å²) in [6.45, 7) is 0.0829. The fraction of sp³-hybridized carbons (Fsp3) is 0.0714. The van der Waals surface area contributed by atoms with Gasteiger partial charge >= 0.3 is 0 Å². The van der Waals surface area contributed by atoms with E-state index in [1.165, 1.54) is 0 Å². The predicted molar refractivity (Wildman–Crippen MR) is 87.7 cm³/mol. The lowest BCUT2D eigenvalue weighted by Gasteiger charge is -2.10. The topological polar surface area (TPSA) is 41.1 Å². The molecule has 3 nitrogen and oxygen atoms in total. The van der Waals surface area contributed by atoms with Gasteiger partial charge in [0.15, 0.2) is 0 Å². The van der Waals surface area contributed by atoms with Crippen LogP contribution in [-0.4, -0.2) is 12.5 Å². The molecule has 0 atom stereocenters. The van der Waals surface area contributed by atoms with Gasteiger partial charge in [0.2, 0.25) is 5.91 Å². The van der Waals surface area contributed by atoms with Gasteiger partial charge in [-0.1, -0.05) is 45.2 Å². The summed E-state index contributed by atoms with van der Waals surface area (Å²) in [5.41, 5.74) is 1.28. The molecule has 2 N–H and O–H groups in total. The van der Waals surface area contributed by atoms with Crippen molar-refractivity contribution in [1.29, 1.82) is 0 Å². The second-order valence-electron chi connectivity index (χ2n) is 4.01. The van der Waals surface area contributed by atoms with Gasteiger partial charge in [-0.15, -0.1) is 0 Å². The van der Waals surface area contributed by atoms with Gasteiger partial charge < -0.3 is 10.6 Å². The molecule has 0 radical (unpaired) electrons. The summed E-state index contributed by atoms with van der Waals surface area (Å²) in [6, 6.07) is 12.5. The maximum atomic E-state index is 11.8. The molecule has 0 unspecified atom stereocenters. The highest BCUT2D eigenvalue weighted by atomic mass is 79.9. The Hall–Kier alpha value is -1.23. The maximum absolute atomic E-state index is 11.8. The number of halogens is 3. The van der Waals surface area contributed by atoms with Gasteiger partial charge in [-0.05, 0) is 36.4 Å². The van der Waals surface area contributed by atoms with Crippen LogP contribution in [0.25, 0.3) is 0 Å². The fourth-order valence-electron chi connectivity index (χ4n) is 1.57. The third kappa shape index (κ3) is 4.13. The monoisotopic (exact) mass is 372 g/mol. The lowest BCUT2D eigenvalue weighted by atomic mass is 10.3. The highest BCUT2D eigenvalue weighted by Gasteiger charge is 2.07. The third-order valence-electron chi connectivity index (χ3n) is 2.52. The van der Waals surface area contributed by atoms with Crippen molar-refractivity contribution in [2.24, 2.45) is 0 Å². The molecule has 0 heterocycles. The number of rotatable bonds is 4. The summed E-state index contributed by atoms with van der Waals surface area (Å²) in [5.74, 6) is -0.177. The normalized spacial score (nSPS) is 10.2. The summed E-state index contributed by atoms with van der Waals surface area (Å²) in [5, 5.41) is 6.66. The molecule has 2 aromatic carbocycles. The van der Waals surface area contributed by atoms with Gasteiger partial charge in [0.1, 0.15) is 0 Å². The van der Waals surface area contributed by atoms with Crippen molar-refractivity contribution in [3.05, 3.63) is 57.0 Å². The van der Waals surface area contributed by atoms with Crippen molar-refractivity contribution in [1.82, 2.24) is 0 Å². The first kappa shape index (κ1) is 15.2. The number of anilines is 2. The first-order chi connectivity index (χ1) is 9.56. The van der Waals surface area contributed by atoms with E-state index in [0.717, 1.165) is 10.2 Å². The van der Waals surface area contributed by atoms with Crippen molar-refractivity contribution >= 4 is 56.4 Å². The average Bonchev–Trinajstić information content (AvgIpc) is 2.41. The maximum Gasteiger partial charge on any atom is 0.243 e. The van der Waals surface area contributed by atoms with Gasteiger partial charge in [0.25, 0.3) is 0 Å². The fourth-order valence-corrected chi connectivity index (χ4v) is 2.37. The molecule has 2 aromatic rings. The first-order valence-electron chi connectivity index (χ1n) is 5.79. The number of carbonyl (C=O) groups is 1. The van der Waals surface area contributed by atoms with Gasteiger partial charge in [0, 0.05) is 10.2 Å². The van der Waals surface area contributed by atoms with Gasteiger partial charge in [-0.2, -0.15) is 0 Å². The summed E-state index contributed by atoms with van der Waals surface area (Å²) in [4.78, 5) is 11.8. The van der Waals surface area contributed by atoms with Crippen molar-refractivity contribution in [2.45, 2.75) is 0 Å². The van der Waals surface area contributed by atoms with E-state index in [0.29, 0.717) is 15.7 Å². The van der Waals surface area contributed by atoms with E-state index in [-0.39, 0.29) is 12.5 Å². The number of carbonyl (C=O) groups excluding carboxylic acids is 1. The Morgan fingerprint density at radius 3 is 2.25 bits per heavy atom. The molecule has 0 aromatic heterocycles. The van der Waals surface area contributed by atoms with Crippen LogP contribution < -0.4 is 10.6 Å². The molecule has 104 valence electrons. The molecule has 0 fully saturated rings. The molecule has 0 aliphatic heterocycles. The van der Waals surface area contributed by atoms with Crippen LogP contribution in [0.3, 0.4) is 0 Å². The highest BCUT2D eigenvalue weighted by Crippen LogP contribution is 2.29. The van der Waals surface area contributed by atoms with Crippen LogP contribution in [0.5, 0.6) is 0 Å². The molecule has 0 aliphatic carbocycles. The van der Waals surface area contributed by atoms with Crippen molar-refractivity contribution < 1.29 is 4.79 Å². The van der Waals surface area contributed by atoms with Crippen molar-refractivity contribution in [3.63, 3.8) is 0 Å². The molecule has 6 heteroatoms. The summed E-state index contributed by atoms with van der Waals surface area (Å²) >= 11 is 15.3. The van der Waals surface area contributed by atoms with Crippen LogP contribution in [0.4, 0.5) is 11.4 Å². The quantitative estimate of drug-likeness (QED) is 0.807. The van der Waals surface area contributed by atoms with Crippen LogP contribution in [-0.2, 0) is 4.79 Å². The van der Waals surface area contributed by atoms with E-state index in [2.05, 4.69) is 26.6 Å². The molecule has 0 saturated heterocycles. The van der Waals surface area contributed by atoms with Crippen LogP contribution >= 0.6 is 39.1 Å². The van der Waals surface area contributed by atoms with Gasteiger partial charge in [-0.3, -0.25) is 4.79 Å². The molecular weight excluding hydrogens is 363 g/mol. The number of hydrogen-bond donors (Lipinski definition) is 2. The molecular formula is C14H11BrCl2N2O. The van der Waals surface area contributed by atoms with E-state index in [9.17, 15) is 4.79 Å². The molecule has 0 bridgehead atoms. The lowest BCUT2D eigenvalue weighted by Crippen LogP contribution is -2.21. The minimum atomic E-state index is -0.177. The van der Waals surface area contributed by atoms with Crippen LogP contribution in [0.2, 0.25) is 10.0 Å². The van der Waals surface area contributed by atoms with E-state index in [4.69, 9.17) is 23.2 Å². The zero-order valence-electron chi connectivity index (χ0n) is 10.3. The van der Waals surface area contributed by atoms with Crippen LogP contribution in [0.15, 0.2) is 46.9 Å². The Morgan fingerprint density at radius 1 is 1.05 bits per heavy atom. The van der Waals surface area contributed by atoms with E-state index in [1.54, 1.807) is 18.2 Å². The smallest absolute Gasteiger partial charge is 0.243 e. The van der Waals surface area contributed by atoms with Gasteiger partial charge in [-0.25, -0.2) is 0 Å².